The number of benzene rings is 1. The van der Waals surface area contributed by atoms with Crippen molar-refractivity contribution in [1.29, 1.82) is 0 Å². The summed E-state index contributed by atoms with van der Waals surface area (Å²) in [6, 6.07) is 8.14. The van der Waals surface area contributed by atoms with Gasteiger partial charge in [0.2, 0.25) is 5.91 Å². The molecule has 0 radical (unpaired) electrons. The second-order valence-electron chi connectivity index (χ2n) is 4.28. The number of aliphatic carboxylic acids is 1. The highest BCUT2D eigenvalue weighted by Gasteiger charge is 2.17. The topological polar surface area (TPSA) is 105 Å². The van der Waals surface area contributed by atoms with Crippen molar-refractivity contribution in [2.24, 2.45) is 0 Å². The molecule has 0 aliphatic heterocycles. The quantitative estimate of drug-likeness (QED) is 0.692. The van der Waals surface area contributed by atoms with Gasteiger partial charge in [-0.1, -0.05) is 37.3 Å². The number of hydrogen-bond acceptors (Lipinski definition) is 4. The van der Waals surface area contributed by atoms with Crippen molar-refractivity contribution in [1.82, 2.24) is 10.6 Å². The lowest BCUT2D eigenvalue weighted by Gasteiger charge is -2.12. The van der Waals surface area contributed by atoms with Gasteiger partial charge in [0.05, 0.1) is 0 Å². The van der Waals surface area contributed by atoms with E-state index in [-0.39, 0.29) is 19.6 Å². The van der Waals surface area contributed by atoms with Crippen LogP contribution in [0, 0.1) is 0 Å². The summed E-state index contributed by atoms with van der Waals surface area (Å²) in [7, 11) is 0. The summed E-state index contributed by atoms with van der Waals surface area (Å²) in [5.74, 6) is -1.70. The molecule has 1 aromatic carbocycles. The molecule has 7 nitrogen and oxygen atoms in total. The SMILES string of the molecule is CC[C@H](NC(=O)CNC(=O)OCc1ccccc1)C(=O)O. The molecule has 21 heavy (non-hydrogen) atoms. The maximum absolute atomic E-state index is 11.5. The molecule has 1 atom stereocenters. The van der Waals surface area contributed by atoms with Crippen LogP contribution in [0.4, 0.5) is 4.79 Å². The maximum atomic E-state index is 11.5. The average Bonchev–Trinajstić information content (AvgIpc) is 2.49. The van der Waals surface area contributed by atoms with Crippen molar-refractivity contribution in [3.8, 4) is 0 Å². The lowest BCUT2D eigenvalue weighted by atomic mass is 10.2. The molecule has 0 aliphatic rings. The van der Waals surface area contributed by atoms with Crippen LogP contribution >= 0.6 is 0 Å². The average molecular weight is 294 g/mol. The molecule has 0 unspecified atom stereocenters. The Morgan fingerprint density at radius 3 is 2.48 bits per heavy atom. The molecule has 0 aromatic heterocycles. The summed E-state index contributed by atoms with van der Waals surface area (Å²) in [5, 5.41) is 13.3. The highest BCUT2D eigenvalue weighted by molar-refractivity contribution is 5.86. The van der Waals surface area contributed by atoms with Crippen LogP contribution < -0.4 is 10.6 Å². The second-order valence-corrected chi connectivity index (χ2v) is 4.28. The molecule has 0 aliphatic carbocycles. The van der Waals surface area contributed by atoms with Crippen molar-refractivity contribution < 1.29 is 24.2 Å². The first-order valence-corrected chi connectivity index (χ1v) is 6.49. The number of ether oxygens (including phenoxy) is 1. The third-order valence-corrected chi connectivity index (χ3v) is 2.65. The fourth-order valence-corrected chi connectivity index (χ4v) is 1.51. The summed E-state index contributed by atoms with van der Waals surface area (Å²) < 4.78 is 4.91. The Labute approximate surface area is 122 Å². The number of carbonyl (C=O) groups is 3. The second kappa shape index (κ2) is 8.57. The summed E-state index contributed by atoms with van der Waals surface area (Å²) in [6.07, 6.45) is -0.475. The predicted molar refractivity (Wildman–Crippen MR) is 74.5 cm³/mol. The van der Waals surface area contributed by atoms with Gasteiger partial charge < -0.3 is 20.5 Å². The number of amides is 2. The van der Waals surface area contributed by atoms with Crippen molar-refractivity contribution >= 4 is 18.0 Å². The third kappa shape index (κ3) is 6.42. The number of carboxylic acids is 1. The van der Waals surface area contributed by atoms with Crippen LogP contribution in [0.25, 0.3) is 0 Å². The first-order chi connectivity index (χ1) is 10.0. The molecule has 0 heterocycles. The minimum absolute atomic E-state index is 0.0982. The predicted octanol–water partition coefficient (Wildman–Crippen LogP) is 0.892. The Morgan fingerprint density at radius 1 is 1.24 bits per heavy atom. The number of rotatable bonds is 7. The molecule has 0 bridgehead atoms. The first kappa shape index (κ1) is 16.5. The molecule has 7 heteroatoms. The number of nitrogens with one attached hydrogen (secondary N) is 2. The molecular formula is C14H18N2O5. The van der Waals surface area contributed by atoms with Crippen molar-refractivity contribution in [3.63, 3.8) is 0 Å². The Hall–Kier alpha value is -2.57. The molecular weight excluding hydrogens is 276 g/mol. The molecule has 0 spiro atoms. The smallest absolute Gasteiger partial charge is 0.407 e. The van der Waals surface area contributed by atoms with Crippen LogP contribution in [-0.4, -0.2) is 35.7 Å². The van der Waals surface area contributed by atoms with E-state index in [0.29, 0.717) is 0 Å². The Kier molecular flexibility index (Phi) is 6.73. The van der Waals surface area contributed by atoms with E-state index in [9.17, 15) is 14.4 Å². The maximum Gasteiger partial charge on any atom is 0.407 e. The zero-order valence-corrected chi connectivity index (χ0v) is 11.7. The van der Waals surface area contributed by atoms with Crippen LogP contribution in [0.2, 0.25) is 0 Å². The zero-order valence-electron chi connectivity index (χ0n) is 11.7. The van der Waals surface area contributed by atoms with E-state index < -0.39 is 24.0 Å². The van der Waals surface area contributed by atoms with E-state index in [1.54, 1.807) is 19.1 Å². The van der Waals surface area contributed by atoms with E-state index in [0.717, 1.165) is 5.56 Å². The number of carbonyl (C=O) groups excluding carboxylic acids is 2. The van der Waals surface area contributed by atoms with Gasteiger partial charge in [0.1, 0.15) is 19.2 Å². The Morgan fingerprint density at radius 2 is 1.90 bits per heavy atom. The zero-order chi connectivity index (χ0) is 15.7. The normalized spacial score (nSPS) is 11.3. The standard InChI is InChI=1S/C14H18N2O5/c1-2-11(13(18)19)16-12(17)8-15-14(20)21-9-10-6-4-3-5-7-10/h3-7,11H,2,8-9H2,1H3,(H,15,20)(H,16,17)(H,18,19)/t11-/m0/s1. The van der Waals surface area contributed by atoms with Gasteiger partial charge in [0.15, 0.2) is 0 Å². The van der Waals surface area contributed by atoms with E-state index >= 15 is 0 Å². The van der Waals surface area contributed by atoms with Gasteiger partial charge in [0, 0.05) is 0 Å². The molecule has 0 saturated heterocycles. The van der Waals surface area contributed by atoms with Gasteiger partial charge >= 0.3 is 12.1 Å². The number of carboxylic acid groups (broad SMARTS) is 1. The largest absolute Gasteiger partial charge is 0.480 e. The lowest BCUT2D eigenvalue weighted by molar-refractivity contribution is -0.141. The summed E-state index contributed by atoms with van der Waals surface area (Å²) in [4.78, 5) is 33.6. The van der Waals surface area contributed by atoms with Gasteiger partial charge in [-0.3, -0.25) is 4.79 Å². The molecule has 0 saturated carbocycles. The summed E-state index contributed by atoms with van der Waals surface area (Å²) in [6.45, 7) is 1.40. The fourth-order valence-electron chi connectivity index (χ4n) is 1.51. The van der Waals surface area contributed by atoms with Crippen LogP contribution in [0.15, 0.2) is 30.3 Å². The molecule has 1 rings (SSSR count). The van der Waals surface area contributed by atoms with E-state index in [1.807, 2.05) is 18.2 Å². The van der Waals surface area contributed by atoms with Crippen LogP contribution in [0.5, 0.6) is 0 Å². The van der Waals surface area contributed by atoms with Gasteiger partial charge in [-0.15, -0.1) is 0 Å². The van der Waals surface area contributed by atoms with Crippen molar-refractivity contribution in [2.45, 2.75) is 26.0 Å². The minimum atomic E-state index is -1.11. The monoisotopic (exact) mass is 294 g/mol. The highest BCUT2D eigenvalue weighted by Crippen LogP contribution is 2.00. The minimum Gasteiger partial charge on any atom is -0.480 e. The van der Waals surface area contributed by atoms with Crippen molar-refractivity contribution in [3.05, 3.63) is 35.9 Å². The summed E-state index contributed by atoms with van der Waals surface area (Å²) >= 11 is 0. The van der Waals surface area contributed by atoms with Crippen LogP contribution in [0.3, 0.4) is 0 Å². The van der Waals surface area contributed by atoms with E-state index in [4.69, 9.17) is 9.84 Å². The molecule has 114 valence electrons. The Balaban J connectivity index is 2.26. The van der Waals surface area contributed by atoms with E-state index in [1.165, 1.54) is 0 Å². The fraction of sp³-hybridized carbons (Fsp3) is 0.357. The molecule has 3 N–H and O–H groups in total. The lowest BCUT2D eigenvalue weighted by Crippen LogP contribution is -2.45. The van der Waals surface area contributed by atoms with Gasteiger partial charge in [-0.05, 0) is 12.0 Å². The van der Waals surface area contributed by atoms with E-state index in [2.05, 4.69) is 10.6 Å². The summed E-state index contributed by atoms with van der Waals surface area (Å²) in [5.41, 5.74) is 0.828. The molecule has 1 aromatic rings. The molecule has 0 fully saturated rings. The van der Waals surface area contributed by atoms with Crippen LogP contribution in [-0.2, 0) is 20.9 Å². The Bertz CT molecular complexity index is 489. The number of hydrogen-bond donors (Lipinski definition) is 3. The molecule has 2 amide bonds. The van der Waals surface area contributed by atoms with Gasteiger partial charge in [-0.25, -0.2) is 9.59 Å². The van der Waals surface area contributed by atoms with Crippen molar-refractivity contribution in [2.75, 3.05) is 6.54 Å². The van der Waals surface area contributed by atoms with Gasteiger partial charge in [0.25, 0.3) is 0 Å². The number of alkyl carbamates (subject to hydrolysis) is 1. The van der Waals surface area contributed by atoms with Gasteiger partial charge in [-0.2, -0.15) is 0 Å². The third-order valence-electron chi connectivity index (χ3n) is 2.65. The highest BCUT2D eigenvalue weighted by atomic mass is 16.5. The first-order valence-electron chi connectivity index (χ1n) is 6.49. The van der Waals surface area contributed by atoms with Crippen LogP contribution in [0.1, 0.15) is 18.9 Å².